The Balaban J connectivity index is 2.36. The van der Waals surface area contributed by atoms with Crippen molar-refractivity contribution in [3.8, 4) is 11.5 Å². The zero-order chi connectivity index (χ0) is 19.8. The van der Waals surface area contributed by atoms with E-state index < -0.39 is 0 Å². The monoisotopic (exact) mass is 369 g/mol. The highest BCUT2D eigenvalue weighted by molar-refractivity contribution is 5.94. The highest BCUT2D eigenvalue weighted by Gasteiger charge is 2.19. The standard InChI is InChI=1S/C23H31NO3/c1-6-18-13-14-21(17(5)15-18)27-16-19-20(24(8-3)23(25)7-2)11-10-12-22(19)26-9-4/h10-15H,6-9,16H2,1-5H3. The lowest BCUT2D eigenvalue weighted by Gasteiger charge is -2.25. The normalized spacial score (nSPS) is 10.6. The van der Waals surface area contributed by atoms with Crippen molar-refractivity contribution in [1.82, 2.24) is 0 Å². The van der Waals surface area contributed by atoms with Crippen LogP contribution in [0.25, 0.3) is 0 Å². The van der Waals surface area contributed by atoms with Crippen molar-refractivity contribution in [3.63, 3.8) is 0 Å². The van der Waals surface area contributed by atoms with Crippen LogP contribution < -0.4 is 14.4 Å². The lowest BCUT2D eigenvalue weighted by atomic mass is 10.1. The van der Waals surface area contributed by atoms with E-state index in [0.717, 1.165) is 34.7 Å². The first-order valence-electron chi connectivity index (χ1n) is 9.82. The average Bonchev–Trinajstić information content (AvgIpc) is 2.68. The van der Waals surface area contributed by atoms with Crippen LogP contribution in [-0.4, -0.2) is 19.1 Å². The van der Waals surface area contributed by atoms with Crippen LogP contribution in [0.2, 0.25) is 0 Å². The summed E-state index contributed by atoms with van der Waals surface area (Å²) in [4.78, 5) is 14.2. The Kier molecular flexibility index (Phi) is 7.71. The summed E-state index contributed by atoms with van der Waals surface area (Å²) in [7, 11) is 0. The number of aryl methyl sites for hydroxylation is 2. The number of hydrogen-bond donors (Lipinski definition) is 0. The van der Waals surface area contributed by atoms with Crippen LogP contribution in [0.15, 0.2) is 36.4 Å². The molecule has 4 heteroatoms. The van der Waals surface area contributed by atoms with Crippen molar-refractivity contribution >= 4 is 11.6 Å². The smallest absolute Gasteiger partial charge is 0.226 e. The molecule has 2 aromatic carbocycles. The molecule has 0 atom stereocenters. The Hall–Kier alpha value is -2.49. The lowest BCUT2D eigenvalue weighted by molar-refractivity contribution is -0.118. The zero-order valence-corrected chi connectivity index (χ0v) is 17.2. The second-order valence-electron chi connectivity index (χ2n) is 6.42. The third-order valence-electron chi connectivity index (χ3n) is 4.64. The fourth-order valence-electron chi connectivity index (χ4n) is 3.16. The molecule has 0 unspecified atom stereocenters. The molecule has 0 fully saturated rings. The van der Waals surface area contributed by atoms with Crippen LogP contribution in [0, 0.1) is 6.92 Å². The molecule has 0 heterocycles. The van der Waals surface area contributed by atoms with Gasteiger partial charge in [-0.15, -0.1) is 0 Å². The summed E-state index contributed by atoms with van der Waals surface area (Å²) in [5.74, 6) is 1.71. The fraction of sp³-hybridized carbons (Fsp3) is 0.435. The van der Waals surface area contributed by atoms with Gasteiger partial charge in [0.2, 0.25) is 5.91 Å². The summed E-state index contributed by atoms with van der Waals surface area (Å²) in [5, 5.41) is 0. The maximum Gasteiger partial charge on any atom is 0.226 e. The molecule has 0 N–H and O–H groups in total. The Morgan fingerprint density at radius 2 is 1.78 bits per heavy atom. The Labute approximate surface area is 163 Å². The number of benzene rings is 2. The van der Waals surface area contributed by atoms with Crippen molar-refractivity contribution in [2.45, 2.75) is 54.1 Å². The van der Waals surface area contributed by atoms with Crippen LogP contribution in [-0.2, 0) is 17.8 Å². The number of nitrogens with zero attached hydrogens (tertiary/aromatic N) is 1. The SMILES string of the molecule is CCOc1cccc(N(CC)C(=O)CC)c1COc1ccc(CC)cc1C. The summed E-state index contributed by atoms with van der Waals surface area (Å²) in [6, 6.07) is 12.1. The van der Waals surface area contributed by atoms with E-state index in [-0.39, 0.29) is 5.91 Å². The second-order valence-corrected chi connectivity index (χ2v) is 6.42. The minimum absolute atomic E-state index is 0.0934. The molecule has 27 heavy (non-hydrogen) atoms. The largest absolute Gasteiger partial charge is 0.493 e. The minimum atomic E-state index is 0.0934. The number of ether oxygens (including phenoxy) is 2. The van der Waals surface area contributed by atoms with E-state index in [9.17, 15) is 4.79 Å². The van der Waals surface area contributed by atoms with E-state index in [2.05, 4.69) is 26.0 Å². The van der Waals surface area contributed by atoms with E-state index >= 15 is 0 Å². The number of carbonyl (C=O) groups is 1. The van der Waals surface area contributed by atoms with Crippen LogP contribution in [0.4, 0.5) is 5.69 Å². The molecule has 0 saturated heterocycles. The lowest BCUT2D eigenvalue weighted by Crippen LogP contribution is -2.31. The molecule has 0 radical (unpaired) electrons. The molecule has 0 aromatic heterocycles. The van der Waals surface area contributed by atoms with E-state index in [4.69, 9.17) is 9.47 Å². The molecule has 2 aromatic rings. The predicted molar refractivity (Wildman–Crippen MR) is 111 cm³/mol. The molecule has 146 valence electrons. The van der Waals surface area contributed by atoms with E-state index in [0.29, 0.717) is 26.2 Å². The predicted octanol–water partition coefficient (Wildman–Crippen LogP) is 5.30. The number of rotatable bonds is 9. The van der Waals surface area contributed by atoms with Gasteiger partial charge in [0, 0.05) is 13.0 Å². The highest BCUT2D eigenvalue weighted by Crippen LogP contribution is 2.32. The highest BCUT2D eigenvalue weighted by atomic mass is 16.5. The van der Waals surface area contributed by atoms with E-state index in [1.807, 2.05) is 45.0 Å². The van der Waals surface area contributed by atoms with Gasteiger partial charge in [0.1, 0.15) is 18.1 Å². The summed E-state index contributed by atoms with van der Waals surface area (Å²) in [5.41, 5.74) is 4.17. The van der Waals surface area contributed by atoms with Crippen LogP contribution in [0.5, 0.6) is 11.5 Å². The molecule has 0 saturated carbocycles. The minimum Gasteiger partial charge on any atom is -0.493 e. The van der Waals surface area contributed by atoms with Gasteiger partial charge in [-0.05, 0) is 56.5 Å². The molecule has 0 aliphatic rings. The van der Waals surface area contributed by atoms with E-state index in [1.165, 1.54) is 5.56 Å². The number of carbonyl (C=O) groups excluding carboxylic acids is 1. The Bertz CT molecular complexity index is 770. The van der Waals surface area contributed by atoms with Gasteiger partial charge in [-0.2, -0.15) is 0 Å². The Morgan fingerprint density at radius 1 is 1.00 bits per heavy atom. The first-order valence-corrected chi connectivity index (χ1v) is 9.82. The molecule has 0 aliphatic heterocycles. The number of hydrogen-bond acceptors (Lipinski definition) is 3. The van der Waals surface area contributed by atoms with Crippen LogP contribution in [0.3, 0.4) is 0 Å². The zero-order valence-electron chi connectivity index (χ0n) is 17.2. The van der Waals surface area contributed by atoms with Crippen molar-refractivity contribution in [2.75, 3.05) is 18.1 Å². The number of amides is 1. The van der Waals surface area contributed by atoms with Gasteiger partial charge in [-0.25, -0.2) is 0 Å². The van der Waals surface area contributed by atoms with Crippen molar-refractivity contribution < 1.29 is 14.3 Å². The van der Waals surface area contributed by atoms with Crippen molar-refractivity contribution in [3.05, 3.63) is 53.1 Å². The average molecular weight is 370 g/mol. The van der Waals surface area contributed by atoms with Gasteiger partial charge in [-0.3, -0.25) is 4.79 Å². The molecule has 0 spiro atoms. The summed E-state index contributed by atoms with van der Waals surface area (Å²) >= 11 is 0. The fourth-order valence-corrected chi connectivity index (χ4v) is 3.16. The van der Waals surface area contributed by atoms with Crippen molar-refractivity contribution in [2.24, 2.45) is 0 Å². The molecule has 0 bridgehead atoms. The molecule has 0 aliphatic carbocycles. The van der Waals surface area contributed by atoms with Crippen molar-refractivity contribution in [1.29, 1.82) is 0 Å². The van der Waals surface area contributed by atoms with Crippen LogP contribution >= 0.6 is 0 Å². The van der Waals surface area contributed by atoms with Gasteiger partial charge in [0.25, 0.3) is 0 Å². The maximum absolute atomic E-state index is 12.4. The maximum atomic E-state index is 12.4. The first kappa shape index (κ1) is 20.8. The summed E-state index contributed by atoms with van der Waals surface area (Å²) < 4.78 is 12.0. The first-order chi connectivity index (χ1) is 13.0. The third-order valence-corrected chi connectivity index (χ3v) is 4.64. The van der Waals surface area contributed by atoms with Gasteiger partial charge in [-0.1, -0.05) is 32.0 Å². The quantitative estimate of drug-likeness (QED) is 0.602. The summed E-state index contributed by atoms with van der Waals surface area (Å²) in [6.07, 6.45) is 1.47. The molecular weight excluding hydrogens is 338 g/mol. The number of anilines is 1. The van der Waals surface area contributed by atoms with Gasteiger partial charge >= 0.3 is 0 Å². The second kappa shape index (κ2) is 10.0. The topological polar surface area (TPSA) is 38.8 Å². The van der Waals surface area contributed by atoms with Gasteiger partial charge in [0.15, 0.2) is 0 Å². The van der Waals surface area contributed by atoms with E-state index in [1.54, 1.807) is 4.90 Å². The third kappa shape index (κ3) is 5.03. The molecule has 1 amide bonds. The van der Waals surface area contributed by atoms with Gasteiger partial charge in [0.05, 0.1) is 17.9 Å². The molecule has 2 rings (SSSR count). The molecule has 4 nitrogen and oxygen atoms in total. The van der Waals surface area contributed by atoms with Gasteiger partial charge < -0.3 is 14.4 Å². The summed E-state index contributed by atoms with van der Waals surface area (Å²) in [6.45, 7) is 11.6. The Morgan fingerprint density at radius 3 is 2.37 bits per heavy atom. The van der Waals surface area contributed by atoms with Crippen LogP contribution in [0.1, 0.15) is 50.8 Å². The molecular formula is C23H31NO3.